The number of methoxy groups -OCH3 is 1. The van der Waals surface area contributed by atoms with Crippen LogP contribution in [-0.4, -0.2) is 31.4 Å². The van der Waals surface area contributed by atoms with Gasteiger partial charge in [-0.1, -0.05) is 11.6 Å². The van der Waals surface area contributed by atoms with Gasteiger partial charge < -0.3 is 14.6 Å². The summed E-state index contributed by atoms with van der Waals surface area (Å²) in [7, 11) is 1.49. The van der Waals surface area contributed by atoms with Crippen LogP contribution in [0, 0.1) is 6.92 Å². The summed E-state index contributed by atoms with van der Waals surface area (Å²) in [5.41, 5.74) is 1.07. The second-order valence-electron chi connectivity index (χ2n) is 3.52. The van der Waals surface area contributed by atoms with E-state index < -0.39 is 5.97 Å². The average Bonchev–Trinajstić information content (AvgIpc) is 2.28. The maximum absolute atomic E-state index is 11.8. The van der Waals surface area contributed by atoms with Crippen LogP contribution in [0.25, 0.3) is 0 Å². The number of aliphatic hydroxyl groups is 1. The third-order valence-electron chi connectivity index (χ3n) is 2.20. The molecule has 0 fully saturated rings. The highest BCUT2D eigenvalue weighted by atomic mass is 35.5. The van der Waals surface area contributed by atoms with Crippen molar-refractivity contribution in [3.05, 3.63) is 28.3 Å². The first-order chi connectivity index (χ1) is 8.10. The molecule has 0 saturated heterocycles. The van der Waals surface area contributed by atoms with Crippen LogP contribution >= 0.6 is 11.6 Å². The van der Waals surface area contributed by atoms with E-state index in [0.717, 1.165) is 5.56 Å². The number of aliphatic hydroxyl groups excluding tert-OH is 1. The van der Waals surface area contributed by atoms with Gasteiger partial charge in [-0.3, -0.25) is 0 Å². The number of hydrogen-bond donors (Lipinski definition) is 1. The second-order valence-corrected chi connectivity index (χ2v) is 3.95. The summed E-state index contributed by atoms with van der Waals surface area (Å²) in [6.45, 7) is 1.96. The fourth-order valence-electron chi connectivity index (χ4n) is 1.46. The molecule has 0 aliphatic heterocycles. The van der Waals surface area contributed by atoms with Crippen LogP contribution in [-0.2, 0) is 4.74 Å². The van der Waals surface area contributed by atoms with E-state index in [0.29, 0.717) is 22.8 Å². The Hall–Kier alpha value is -1.26. The fourth-order valence-corrected chi connectivity index (χ4v) is 1.73. The van der Waals surface area contributed by atoms with Crippen LogP contribution < -0.4 is 4.74 Å². The predicted molar refractivity (Wildman–Crippen MR) is 64.7 cm³/mol. The molecule has 0 atom stereocenters. The van der Waals surface area contributed by atoms with E-state index >= 15 is 0 Å². The number of carbonyl (C=O) groups excluding carboxylic acids is 1. The predicted octanol–water partition coefficient (Wildman–Crippen LogP) is 2.20. The lowest BCUT2D eigenvalue weighted by atomic mass is 10.1. The smallest absolute Gasteiger partial charge is 0.341 e. The maximum Gasteiger partial charge on any atom is 0.341 e. The lowest BCUT2D eigenvalue weighted by molar-refractivity contribution is 0.0478. The number of aryl methyl sites for hydroxylation is 1. The Balaban J connectivity index is 2.91. The van der Waals surface area contributed by atoms with E-state index in [2.05, 4.69) is 0 Å². The lowest BCUT2D eigenvalue weighted by Gasteiger charge is -2.11. The zero-order valence-electron chi connectivity index (χ0n) is 9.83. The van der Waals surface area contributed by atoms with Crippen molar-refractivity contribution < 1.29 is 19.4 Å². The summed E-state index contributed by atoms with van der Waals surface area (Å²) >= 11 is 5.88. The molecule has 0 aliphatic rings. The Labute approximate surface area is 105 Å². The van der Waals surface area contributed by atoms with Crippen LogP contribution in [0.5, 0.6) is 5.75 Å². The molecule has 1 N–H and O–H groups in total. The Morgan fingerprint density at radius 1 is 1.47 bits per heavy atom. The number of ether oxygens (including phenoxy) is 2. The van der Waals surface area contributed by atoms with Crippen molar-refractivity contribution in [1.29, 1.82) is 0 Å². The zero-order chi connectivity index (χ0) is 12.8. The molecule has 0 unspecified atom stereocenters. The molecule has 0 spiro atoms. The van der Waals surface area contributed by atoms with Gasteiger partial charge in [-0.05, 0) is 24.6 Å². The number of rotatable bonds is 5. The molecule has 0 heterocycles. The van der Waals surface area contributed by atoms with Crippen LogP contribution in [0.2, 0.25) is 5.02 Å². The second kappa shape index (κ2) is 6.47. The van der Waals surface area contributed by atoms with Gasteiger partial charge in [-0.25, -0.2) is 4.79 Å². The summed E-state index contributed by atoms with van der Waals surface area (Å²) in [4.78, 5) is 11.8. The van der Waals surface area contributed by atoms with Crippen molar-refractivity contribution in [2.24, 2.45) is 0 Å². The third-order valence-corrected chi connectivity index (χ3v) is 2.42. The molecule has 1 aromatic carbocycles. The van der Waals surface area contributed by atoms with E-state index in [1.54, 1.807) is 13.0 Å². The van der Waals surface area contributed by atoms with E-state index in [9.17, 15) is 4.79 Å². The topological polar surface area (TPSA) is 55.8 Å². The van der Waals surface area contributed by atoms with Crippen molar-refractivity contribution in [2.45, 2.75) is 13.3 Å². The van der Waals surface area contributed by atoms with Gasteiger partial charge >= 0.3 is 5.97 Å². The highest BCUT2D eigenvalue weighted by molar-refractivity contribution is 6.31. The van der Waals surface area contributed by atoms with Gasteiger partial charge in [0.25, 0.3) is 0 Å². The molecule has 94 valence electrons. The van der Waals surface area contributed by atoms with Gasteiger partial charge in [-0.2, -0.15) is 0 Å². The lowest BCUT2D eigenvalue weighted by Crippen LogP contribution is -2.09. The molecule has 0 aromatic heterocycles. The zero-order valence-corrected chi connectivity index (χ0v) is 10.6. The molecule has 17 heavy (non-hydrogen) atoms. The minimum Gasteiger partial charge on any atom is -0.496 e. The molecule has 1 aromatic rings. The molecule has 0 amide bonds. The largest absolute Gasteiger partial charge is 0.496 e. The standard InChI is InChI=1S/C12H15ClO4/c1-8-6-9(13)7-10(11(8)16-2)12(15)17-5-3-4-14/h6-7,14H,3-5H2,1-2H3. The Kier molecular flexibility index (Phi) is 5.25. The summed E-state index contributed by atoms with van der Waals surface area (Å²) in [5.74, 6) is -0.0377. The third kappa shape index (κ3) is 3.61. The number of halogens is 1. The van der Waals surface area contributed by atoms with Crippen LogP contribution in [0.1, 0.15) is 22.3 Å². The van der Waals surface area contributed by atoms with Gasteiger partial charge in [0, 0.05) is 18.1 Å². The molecular formula is C12H15ClO4. The molecular weight excluding hydrogens is 244 g/mol. The number of hydrogen-bond acceptors (Lipinski definition) is 4. The van der Waals surface area contributed by atoms with Gasteiger partial charge in [0.1, 0.15) is 11.3 Å². The maximum atomic E-state index is 11.8. The van der Waals surface area contributed by atoms with Gasteiger partial charge in [0.05, 0.1) is 13.7 Å². The van der Waals surface area contributed by atoms with Crippen molar-refractivity contribution >= 4 is 17.6 Å². The van der Waals surface area contributed by atoms with Crippen molar-refractivity contribution in [2.75, 3.05) is 20.3 Å². The minimum absolute atomic E-state index is 0.0149. The SMILES string of the molecule is COc1c(C)cc(Cl)cc1C(=O)OCCCO. The first kappa shape index (κ1) is 13.8. The molecule has 0 saturated carbocycles. The summed E-state index contributed by atoms with van der Waals surface area (Å²) in [6, 6.07) is 3.22. The monoisotopic (exact) mass is 258 g/mol. The molecule has 4 nitrogen and oxygen atoms in total. The molecule has 0 bridgehead atoms. The normalized spacial score (nSPS) is 10.1. The highest BCUT2D eigenvalue weighted by Gasteiger charge is 2.16. The highest BCUT2D eigenvalue weighted by Crippen LogP contribution is 2.28. The fraction of sp³-hybridized carbons (Fsp3) is 0.417. The number of benzene rings is 1. The van der Waals surface area contributed by atoms with E-state index in [-0.39, 0.29) is 13.2 Å². The van der Waals surface area contributed by atoms with Crippen LogP contribution in [0.3, 0.4) is 0 Å². The van der Waals surface area contributed by atoms with Crippen LogP contribution in [0.4, 0.5) is 0 Å². The van der Waals surface area contributed by atoms with E-state index in [1.807, 2.05) is 0 Å². The Morgan fingerprint density at radius 2 is 2.18 bits per heavy atom. The van der Waals surface area contributed by atoms with Crippen molar-refractivity contribution in [3.8, 4) is 5.75 Å². The Morgan fingerprint density at radius 3 is 2.76 bits per heavy atom. The summed E-state index contributed by atoms with van der Waals surface area (Å²) < 4.78 is 10.1. The van der Waals surface area contributed by atoms with Gasteiger partial charge in [-0.15, -0.1) is 0 Å². The van der Waals surface area contributed by atoms with Crippen LogP contribution in [0.15, 0.2) is 12.1 Å². The minimum atomic E-state index is -0.499. The van der Waals surface area contributed by atoms with Gasteiger partial charge in [0.15, 0.2) is 0 Å². The first-order valence-electron chi connectivity index (χ1n) is 5.22. The average molecular weight is 259 g/mol. The number of carbonyl (C=O) groups is 1. The summed E-state index contributed by atoms with van der Waals surface area (Å²) in [5, 5.41) is 9.06. The molecule has 1 rings (SSSR count). The quantitative estimate of drug-likeness (QED) is 0.650. The van der Waals surface area contributed by atoms with E-state index in [4.69, 9.17) is 26.2 Å². The Bertz CT molecular complexity index is 404. The number of esters is 1. The van der Waals surface area contributed by atoms with E-state index in [1.165, 1.54) is 13.2 Å². The molecule has 0 radical (unpaired) electrons. The first-order valence-corrected chi connectivity index (χ1v) is 5.60. The van der Waals surface area contributed by atoms with Gasteiger partial charge in [0.2, 0.25) is 0 Å². The molecule has 0 aliphatic carbocycles. The van der Waals surface area contributed by atoms with Crippen molar-refractivity contribution in [3.63, 3.8) is 0 Å². The molecule has 5 heteroatoms. The summed E-state index contributed by atoms with van der Waals surface area (Å²) in [6.07, 6.45) is 0.410. The van der Waals surface area contributed by atoms with Crippen molar-refractivity contribution in [1.82, 2.24) is 0 Å².